The predicted molar refractivity (Wildman–Crippen MR) is 39.2 cm³/mol. The second-order valence-corrected chi connectivity index (χ2v) is 1.92. The van der Waals surface area contributed by atoms with Crippen LogP contribution in [0.25, 0.3) is 0 Å². The molecule has 1 heterocycles. The number of nitrogens with two attached hydrogens (primary N) is 1. The zero-order valence-corrected chi connectivity index (χ0v) is 6.30. The Balaban J connectivity index is 2.54. The van der Waals surface area contributed by atoms with Crippen LogP contribution >= 0.6 is 0 Å². The molecule has 0 saturated carbocycles. The largest absolute Gasteiger partial charge is 0.460 e. The smallest absolute Gasteiger partial charge is 0.360 e. The summed E-state index contributed by atoms with van der Waals surface area (Å²) in [5.74, 6) is -0.555. The Morgan fingerprint density at radius 2 is 2.50 bits per heavy atom. The van der Waals surface area contributed by atoms with E-state index in [4.69, 9.17) is 5.73 Å². The van der Waals surface area contributed by atoms with Gasteiger partial charge in [0.25, 0.3) is 0 Å². The van der Waals surface area contributed by atoms with E-state index in [1.807, 2.05) is 0 Å². The number of carbonyl (C=O) groups excluding carboxylic acids is 1. The lowest BCUT2D eigenvalue weighted by Crippen LogP contribution is -2.15. The Kier molecular flexibility index (Phi) is 3.09. The summed E-state index contributed by atoms with van der Waals surface area (Å²) in [6.07, 6.45) is 2.52. The monoisotopic (exact) mass is 168 g/mol. The molecule has 1 aromatic rings. The lowest BCUT2D eigenvalue weighted by atomic mass is 10.5. The lowest BCUT2D eigenvalue weighted by Gasteiger charge is -1.99. The maximum Gasteiger partial charge on any atom is 0.360 e. The molecule has 0 aromatic carbocycles. The van der Waals surface area contributed by atoms with Crippen molar-refractivity contribution in [2.24, 2.45) is 5.73 Å². The highest BCUT2D eigenvalue weighted by atomic mass is 16.5. The molecule has 0 bridgehead atoms. The van der Waals surface area contributed by atoms with Gasteiger partial charge in [-0.25, -0.2) is 9.78 Å². The van der Waals surface area contributed by atoms with Gasteiger partial charge < -0.3 is 10.5 Å². The maximum absolute atomic E-state index is 11.0. The van der Waals surface area contributed by atoms with Crippen molar-refractivity contribution in [3.05, 3.63) is 18.2 Å². The number of nitrogens with zero attached hydrogens (tertiary/aromatic N) is 3. The molecule has 1 aromatic heterocycles. The fourth-order valence-electron chi connectivity index (χ4n) is 0.567. The summed E-state index contributed by atoms with van der Waals surface area (Å²) in [7, 11) is 0. The molecule has 0 fully saturated rings. The minimum atomic E-state index is -0.555. The molecule has 0 saturated heterocycles. The summed E-state index contributed by atoms with van der Waals surface area (Å²) < 4.78 is 4.67. The number of aromatic nitrogens is 3. The van der Waals surface area contributed by atoms with Crippen molar-refractivity contribution < 1.29 is 9.53 Å². The summed E-state index contributed by atoms with van der Waals surface area (Å²) >= 11 is 0. The zero-order chi connectivity index (χ0) is 8.81. The first kappa shape index (κ1) is 8.54. The fourth-order valence-corrected chi connectivity index (χ4v) is 0.567. The molecule has 0 atom stereocenters. The number of carbonyl (C=O) groups is 1. The first-order chi connectivity index (χ1) is 5.84. The van der Waals surface area contributed by atoms with Gasteiger partial charge in [0.05, 0.1) is 6.20 Å². The number of hydrogen-bond acceptors (Lipinski definition) is 6. The Morgan fingerprint density at radius 1 is 1.67 bits per heavy atom. The quantitative estimate of drug-likeness (QED) is 0.581. The van der Waals surface area contributed by atoms with Crippen molar-refractivity contribution in [3.8, 4) is 0 Å². The molecule has 12 heavy (non-hydrogen) atoms. The highest BCUT2D eigenvalue weighted by molar-refractivity contribution is 5.86. The van der Waals surface area contributed by atoms with Gasteiger partial charge >= 0.3 is 5.97 Å². The Hall–Kier alpha value is -1.56. The molecule has 64 valence electrons. The minimum absolute atomic E-state index is 0.0888. The van der Waals surface area contributed by atoms with Crippen LogP contribution in [0, 0.1) is 0 Å². The van der Waals surface area contributed by atoms with Crippen LogP contribution < -0.4 is 5.73 Å². The second kappa shape index (κ2) is 4.35. The Labute approximate surface area is 68.8 Å². The third-order valence-corrected chi connectivity index (χ3v) is 1.04. The Morgan fingerprint density at radius 3 is 3.08 bits per heavy atom. The first-order valence-electron chi connectivity index (χ1n) is 3.34. The van der Waals surface area contributed by atoms with Gasteiger partial charge in [-0.3, -0.25) is 0 Å². The molecule has 2 N–H and O–H groups in total. The summed E-state index contributed by atoms with van der Waals surface area (Å²) in [5, 5.41) is 6.92. The molecule has 0 spiro atoms. The van der Waals surface area contributed by atoms with Gasteiger partial charge in [0.1, 0.15) is 12.9 Å². The minimum Gasteiger partial charge on any atom is -0.460 e. The van der Waals surface area contributed by atoms with E-state index in [-0.39, 0.29) is 12.3 Å². The number of ether oxygens (including phenoxy) is 1. The van der Waals surface area contributed by atoms with Crippen LogP contribution in [0.5, 0.6) is 0 Å². The van der Waals surface area contributed by atoms with Crippen LogP contribution in [0.1, 0.15) is 10.5 Å². The van der Waals surface area contributed by atoms with Crippen molar-refractivity contribution in [1.82, 2.24) is 15.2 Å². The third-order valence-electron chi connectivity index (χ3n) is 1.04. The van der Waals surface area contributed by atoms with Crippen LogP contribution in [0.4, 0.5) is 0 Å². The van der Waals surface area contributed by atoms with Gasteiger partial charge in [0, 0.05) is 6.54 Å². The number of esters is 1. The fraction of sp³-hybridized carbons (Fsp3) is 0.333. The third kappa shape index (κ3) is 2.24. The highest BCUT2D eigenvalue weighted by Crippen LogP contribution is 1.91. The van der Waals surface area contributed by atoms with Crippen LogP contribution in [0.3, 0.4) is 0 Å². The van der Waals surface area contributed by atoms with Gasteiger partial charge in [-0.2, -0.15) is 0 Å². The molecule has 0 radical (unpaired) electrons. The first-order valence-corrected chi connectivity index (χ1v) is 3.34. The van der Waals surface area contributed by atoms with Crippen molar-refractivity contribution in [3.63, 3.8) is 0 Å². The standard InChI is InChI=1S/C6H8N4O2/c7-1-2-12-6(11)5-3-8-4-9-10-5/h3-4H,1-2,7H2. The molecule has 0 aliphatic heterocycles. The summed E-state index contributed by atoms with van der Waals surface area (Å²) in [6, 6.07) is 0. The SMILES string of the molecule is NCCOC(=O)c1cncnn1. The molecule has 0 aliphatic rings. The van der Waals surface area contributed by atoms with Gasteiger partial charge in [-0.05, 0) is 0 Å². The highest BCUT2D eigenvalue weighted by Gasteiger charge is 2.07. The molecular formula is C6H8N4O2. The number of hydrogen-bond donors (Lipinski definition) is 1. The molecule has 0 unspecified atom stereocenters. The van der Waals surface area contributed by atoms with Gasteiger partial charge in [0.2, 0.25) is 0 Å². The van der Waals surface area contributed by atoms with Crippen LogP contribution in [-0.2, 0) is 4.74 Å². The Bertz CT molecular complexity index is 251. The zero-order valence-electron chi connectivity index (χ0n) is 6.30. The van der Waals surface area contributed by atoms with Crippen molar-refractivity contribution >= 4 is 5.97 Å². The van der Waals surface area contributed by atoms with E-state index in [1.165, 1.54) is 12.5 Å². The van der Waals surface area contributed by atoms with E-state index in [9.17, 15) is 4.79 Å². The van der Waals surface area contributed by atoms with E-state index in [0.29, 0.717) is 6.54 Å². The van der Waals surface area contributed by atoms with Crippen molar-refractivity contribution in [2.45, 2.75) is 0 Å². The van der Waals surface area contributed by atoms with E-state index >= 15 is 0 Å². The van der Waals surface area contributed by atoms with E-state index < -0.39 is 5.97 Å². The molecular weight excluding hydrogens is 160 g/mol. The number of rotatable bonds is 3. The van der Waals surface area contributed by atoms with Crippen LogP contribution in [-0.4, -0.2) is 34.3 Å². The lowest BCUT2D eigenvalue weighted by molar-refractivity contribution is 0.0508. The average Bonchev–Trinajstić information content (AvgIpc) is 2.15. The van der Waals surface area contributed by atoms with Crippen LogP contribution in [0.15, 0.2) is 12.5 Å². The summed E-state index contributed by atoms with van der Waals surface area (Å²) in [6.45, 7) is 0.467. The maximum atomic E-state index is 11.0. The molecule has 1 rings (SSSR count). The topological polar surface area (TPSA) is 91.0 Å². The summed E-state index contributed by atoms with van der Waals surface area (Å²) in [5.41, 5.74) is 5.21. The van der Waals surface area contributed by atoms with E-state index in [1.54, 1.807) is 0 Å². The second-order valence-electron chi connectivity index (χ2n) is 1.92. The van der Waals surface area contributed by atoms with E-state index in [2.05, 4.69) is 19.9 Å². The van der Waals surface area contributed by atoms with Gasteiger partial charge in [-0.15, -0.1) is 10.2 Å². The molecule has 0 aliphatic carbocycles. The molecule has 6 nitrogen and oxygen atoms in total. The predicted octanol–water partition coefficient (Wildman–Crippen LogP) is -1.01. The average molecular weight is 168 g/mol. The van der Waals surface area contributed by atoms with E-state index in [0.717, 1.165) is 0 Å². The van der Waals surface area contributed by atoms with Crippen molar-refractivity contribution in [1.29, 1.82) is 0 Å². The van der Waals surface area contributed by atoms with Gasteiger partial charge in [0.15, 0.2) is 5.69 Å². The van der Waals surface area contributed by atoms with Gasteiger partial charge in [-0.1, -0.05) is 0 Å². The molecule has 6 heteroatoms. The molecule has 0 amide bonds. The van der Waals surface area contributed by atoms with Crippen LogP contribution in [0.2, 0.25) is 0 Å². The summed E-state index contributed by atoms with van der Waals surface area (Å²) in [4.78, 5) is 14.6. The normalized spacial score (nSPS) is 9.42. The van der Waals surface area contributed by atoms with Crippen molar-refractivity contribution in [2.75, 3.05) is 13.2 Å².